The third kappa shape index (κ3) is 4.49. The van der Waals surface area contributed by atoms with Gasteiger partial charge in [-0.1, -0.05) is 12.1 Å². The van der Waals surface area contributed by atoms with Crippen molar-refractivity contribution in [2.24, 2.45) is 0 Å². The van der Waals surface area contributed by atoms with Gasteiger partial charge in [0.2, 0.25) is 11.8 Å². The quantitative estimate of drug-likeness (QED) is 0.830. The average Bonchev–Trinajstić information content (AvgIpc) is 2.94. The zero-order valence-electron chi connectivity index (χ0n) is 12.1. The number of hydrogen-bond acceptors (Lipinski definition) is 3. The number of rotatable bonds is 5. The van der Waals surface area contributed by atoms with Crippen molar-refractivity contribution < 1.29 is 14.0 Å². The van der Waals surface area contributed by atoms with E-state index in [0.717, 1.165) is 16.8 Å². The maximum atomic E-state index is 11.9. The molecule has 0 spiro atoms. The lowest BCUT2D eigenvalue weighted by molar-refractivity contribution is -0.127. The molecule has 0 saturated carbocycles. The molecular weight excluding hydrogens is 268 g/mol. The van der Waals surface area contributed by atoms with E-state index in [1.165, 1.54) is 6.26 Å². The molecule has 2 amide bonds. The summed E-state index contributed by atoms with van der Waals surface area (Å²) in [6.45, 7) is 4.14. The molecule has 1 aromatic heterocycles. The molecule has 0 radical (unpaired) electrons. The van der Waals surface area contributed by atoms with Crippen molar-refractivity contribution in [3.8, 4) is 0 Å². The lowest BCUT2D eigenvalue weighted by atomic mass is 10.1. The lowest BCUT2D eigenvalue weighted by Gasteiger charge is -2.09. The van der Waals surface area contributed by atoms with E-state index in [4.69, 9.17) is 4.42 Å². The van der Waals surface area contributed by atoms with E-state index in [1.54, 1.807) is 12.1 Å². The highest BCUT2D eigenvalue weighted by Gasteiger charge is 2.11. The highest BCUT2D eigenvalue weighted by atomic mass is 16.3. The van der Waals surface area contributed by atoms with Gasteiger partial charge in [0, 0.05) is 5.69 Å². The minimum absolute atomic E-state index is 0.214. The summed E-state index contributed by atoms with van der Waals surface area (Å²) in [6.07, 6.45) is 1.32. The molecule has 1 heterocycles. The second-order valence-corrected chi connectivity index (χ2v) is 4.90. The summed E-state index contributed by atoms with van der Waals surface area (Å²) in [5.41, 5.74) is 2.75. The lowest BCUT2D eigenvalue weighted by Crippen LogP contribution is -2.27. The number of benzene rings is 1. The molecule has 2 rings (SSSR count). The van der Waals surface area contributed by atoms with E-state index in [1.807, 2.05) is 32.0 Å². The molecule has 0 aliphatic carbocycles. The van der Waals surface area contributed by atoms with Gasteiger partial charge in [0.25, 0.3) is 0 Å². The molecule has 0 aliphatic rings. The first-order valence-electron chi connectivity index (χ1n) is 6.71. The molecule has 2 N–H and O–H groups in total. The number of aryl methyl sites for hydroxylation is 2. The van der Waals surface area contributed by atoms with Crippen LogP contribution in [0.2, 0.25) is 0 Å². The topological polar surface area (TPSA) is 71.3 Å². The van der Waals surface area contributed by atoms with Crippen molar-refractivity contribution in [1.29, 1.82) is 0 Å². The number of furan rings is 1. The molecular formula is C16H18N2O3. The monoisotopic (exact) mass is 286 g/mol. The molecule has 0 saturated heterocycles. The molecule has 5 nitrogen and oxygen atoms in total. The van der Waals surface area contributed by atoms with Gasteiger partial charge >= 0.3 is 0 Å². The zero-order chi connectivity index (χ0) is 15.2. The summed E-state index contributed by atoms with van der Waals surface area (Å²) in [5.74, 6) is -0.0202. The molecule has 21 heavy (non-hydrogen) atoms. The molecule has 0 aliphatic heterocycles. The minimum Gasteiger partial charge on any atom is -0.467 e. The Morgan fingerprint density at radius 3 is 2.67 bits per heavy atom. The highest BCUT2D eigenvalue weighted by Crippen LogP contribution is 2.16. The number of anilines is 1. The van der Waals surface area contributed by atoms with E-state index in [-0.39, 0.29) is 24.8 Å². The van der Waals surface area contributed by atoms with Crippen LogP contribution in [-0.4, -0.2) is 11.8 Å². The van der Waals surface area contributed by atoms with Gasteiger partial charge in [-0.05, 0) is 43.2 Å². The van der Waals surface area contributed by atoms with Crippen LogP contribution in [0.3, 0.4) is 0 Å². The Balaban J connectivity index is 1.83. The van der Waals surface area contributed by atoms with Crippen LogP contribution < -0.4 is 10.6 Å². The summed E-state index contributed by atoms with van der Waals surface area (Å²) in [7, 11) is 0. The summed E-state index contributed by atoms with van der Waals surface area (Å²) in [5, 5.41) is 5.39. The van der Waals surface area contributed by atoms with Crippen molar-refractivity contribution in [2.45, 2.75) is 26.8 Å². The Morgan fingerprint density at radius 1 is 1.14 bits per heavy atom. The molecule has 0 atom stereocenters. The van der Waals surface area contributed by atoms with E-state index < -0.39 is 0 Å². The third-order valence-electron chi connectivity index (χ3n) is 3.03. The second kappa shape index (κ2) is 6.74. The fourth-order valence-electron chi connectivity index (χ4n) is 1.87. The van der Waals surface area contributed by atoms with Crippen molar-refractivity contribution in [2.75, 3.05) is 5.32 Å². The Kier molecular flexibility index (Phi) is 4.77. The van der Waals surface area contributed by atoms with Crippen LogP contribution >= 0.6 is 0 Å². The van der Waals surface area contributed by atoms with Gasteiger partial charge in [-0.2, -0.15) is 0 Å². The molecule has 0 fully saturated rings. The van der Waals surface area contributed by atoms with E-state index >= 15 is 0 Å². The maximum Gasteiger partial charge on any atom is 0.233 e. The Morgan fingerprint density at radius 2 is 1.95 bits per heavy atom. The van der Waals surface area contributed by atoms with E-state index in [0.29, 0.717) is 5.76 Å². The number of amides is 2. The van der Waals surface area contributed by atoms with Gasteiger partial charge in [-0.25, -0.2) is 0 Å². The number of carbonyl (C=O) groups is 2. The molecule has 0 unspecified atom stereocenters. The van der Waals surface area contributed by atoms with Crippen LogP contribution in [0.25, 0.3) is 0 Å². The highest BCUT2D eigenvalue weighted by molar-refractivity contribution is 6.03. The summed E-state index contributed by atoms with van der Waals surface area (Å²) >= 11 is 0. The van der Waals surface area contributed by atoms with Gasteiger partial charge in [-0.3, -0.25) is 9.59 Å². The van der Waals surface area contributed by atoms with Gasteiger partial charge in [0.05, 0.1) is 12.8 Å². The zero-order valence-corrected chi connectivity index (χ0v) is 12.1. The minimum atomic E-state index is -0.339. The van der Waals surface area contributed by atoms with E-state index in [2.05, 4.69) is 10.6 Å². The van der Waals surface area contributed by atoms with Gasteiger partial charge < -0.3 is 15.1 Å². The average molecular weight is 286 g/mol. The number of hydrogen-bond donors (Lipinski definition) is 2. The first-order valence-corrected chi connectivity index (χ1v) is 6.71. The molecule has 5 heteroatoms. The van der Waals surface area contributed by atoms with Crippen LogP contribution in [0.5, 0.6) is 0 Å². The summed E-state index contributed by atoms with van der Waals surface area (Å²) in [6, 6.07) is 9.29. The SMILES string of the molecule is Cc1ccc(C)c(NC(=O)CC(=O)NCc2ccco2)c1. The second-order valence-electron chi connectivity index (χ2n) is 4.90. The van der Waals surface area contributed by atoms with Crippen molar-refractivity contribution in [1.82, 2.24) is 5.32 Å². The molecule has 2 aromatic rings. The predicted octanol–water partition coefficient (Wildman–Crippen LogP) is 2.54. The van der Waals surface area contributed by atoms with Gasteiger partial charge in [0.1, 0.15) is 12.2 Å². The number of nitrogens with one attached hydrogen (secondary N) is 2. The van der Waals surface area contributed by atoms with Crippen molar-refractivity contribution in [3.05, 3.63) is 53.5 Å². The summed E-state index contributed by atoms with van der Waals surface area (Å²) in [4.78, 5) is 23.5. The molecule has 1 aromatic carbocycles. The Labute approximate surface area is 123 Å². The third-order valence-corrected chi connectivity index (χ3v) is 3.03. The standard InChI is InChI=1S/C16H18N2O3/c1-11-5-6-12(2)14(8-11)18-16(20)9-15(19)17-10-13-4-3-7-21-13/h3-8H,9-10H2,1-2H3,(H,17,19)(H,18,20). The Bertz CT molecular complexity index is 633. The normalized spacial score (nSPS) is 10.2. The van der Waals surface area contributed by atoms with Crippen LogP contribution in [0.1, 0.15) is 23.3 Å². The van der Waals surface area contributed by atoms with Crippen molar-refractivity contribution in [3.63, 3.8) is 0 Å². The first-order chi connectivity index (χ1) is 10.0. The maximum absolute atomic E-state index is 11.9. The van der Waals surface area contributed by atoms with Crippen LogP contribution in [-0.2, 0) is 16.1 Å². The van der Waals surface area contributed by atoms with Crippen LogP contribution in [0, 0.1) is 13.8 Å². The smallest absolute Gasteiger partial charge is 0.233 e. The predicted molar refractivity (Wildman–Crippen MR) is 79.7 cm³/mol. The fourth-order valence-corrected chi connectivity index (χ4v) is 1.87. The first kappa shape index (κ1) is 14.8. The molecule has 0 bridgehead atoms. The Hall–Kier alpha value is -2.56. The fraction of sp³-hybridized carbons (Fsp3) is 0.250. The summed E-state index contributed by atoms with van der Waals surface area (Å²) < 4.78 is 5.10. The molecule has 110 valence electrons. The van der Waals surface area contributed by atoms with E-state index in [9.17, 15) is 9.59 Å². The van der Waals surface area contributed by atoms with Crippen LogP contribution in [0.4, 0.5) is 5.69 Å². The van der Waals surface area contributed by atoms with Gasteiger partial charge in [0.15, 0.2) is 0 Å². The van der Waals surface area contributed by atoms with Gasteiger partial charge in [-0.15, -0.1) is 0 Å². The largest absolute Gasteiger partial charge is 0.467 e. The number of carbonyl (C=O) groups excluding carboxylic acids is 2. The van der Waals surface area contributed by atoms with Crippen molar-refractivity contribution >= 4 is 17.5 Å². The van der Waals surface area contributed by atoms with Crippen LogP contribution in [0.15, 0.2) is 41.0 Å².